The summed E-state index contributed by atoms with van der Waals surface area (Å²) in [6, 6.07) is 12.2. The van der Waals surface area contributed by atoms with E-state index in [1.165, 1.54) is 12.1 Å². The highest BCUT2D eigenvalue weighted by Gasteiger charge is 2.15. The number of halogens is 1. The van der Waals surface area contributed by atoms with Gasteiger partial charge in [-0.25, -0.2) is 4.98 Å². The molecule has 1 amide bonds. The molecule has 12 nitrogen and oxygen atoms in total. The van der Waals surface area contributed by atoms with Crippen molar-refractivity contribution in [3.05, 3.63) is 70.9 Å². The van der Waals surface area contributed by atoms with E-state index in [1.54, 1.807) is 12.1 Å². The van der Waals surface area contributed by atoms with E-state index in [0.29, 0.717) is 11.5 Å². The molecule has 2 aromatic carbocycles. The monoisotopic (exact) mass is 555 g/mol. The number of unbranched alkanes of at least 4 members (excludes halogenated alkanes) is 1. The van der Waals surface area contributed by atoms with Crippen LogP contribution < -0.4 is 16.8 Å². The van der Waals surface area contributed by atoms with E-state index in [1.807, 2.05) is 19.1 Å². The van der Waals surface area contributed by atoms with Gasteiger partial charge in [0.15, 0.2) is 0 Å². The fourth-order valence-electron chi connectivity index (χ4n) is 3.33. The number of anilines is 3. The Morgan fingerprint density at radius 1 is 0.973 bits per heavy atom. The molecule has 37 heavy (non-hydrogen) atoms. The maximum atomic E-state index is 13.1. The number of benzene rings is 2. The van der Waals surface area contributed by atoms with Gasteiger partial charge >= 0.3 is 20.6 Å². The van der Waals surface area contributed by atoms with Crippen LogP contribution in [0, 0.1) is 6.92 Å². The highest BCUT2D eigenvalue weighted by atomic mass is 32.3. The van der Waals surface area contributed by atoms with Crippen molar-refractivity contribution in [2.24, 2.45) is 0 Å². The van der Waals surface area contributed by atoms with Crippen molar-refractivity contribution in [1.82, 2.24) is 9.97 Å². The summed E-state index contributed by atoms with van der Waals surface area (Å²) in [5.41, 5.74) is 14.9. The molecule has 3 rings (SSSR count). The molecule has 0 aliphatic carbocycles. The fourth-order valence-corrected chi connectivity index (χ4v) is 3.84. The Bertz CT molecular complexity index is 1430. The number of rotatable bonds is 8. The molecule has 0 atom stereocenters. The van der Waals surface area contributed by atoms with Crippen LogP contribution in [0.15, 0.2) is 53.4 Å². The molecular weight excluding hydrogens is 529 g/mol. The normalized spacial score (nSPS) is 11.4. The lowest BCUT2D eigenvalue weighted by Crippen LogP contribution is -2.12. The predicted octanol–water partition coefficient (Wildman–Crippen LogP) is 2.77. The second kappa shape index (κ2) is 12.5. The number of amides is 1. The van der Waals surface area contributed by atoms with Crippen LogP contribution in [0.3, 0.4) is 0 Å². The van der Waals surface area contributed by atoms with Gasteiger partial charge < -0.3 is 16.8 Å². The quantitative estimate of drug-likeness (QED) is 0.155. The van der Waals surface area contributed by atoms with Gasteiger partial charge in [0, 0.05) is 22.5 Å². The van der Waals surface area contributed by atoms with E-state index >= 15 is 0 Å². The fraction of sp³-hybridized carbons (Fsp3) is 0.227. The first-order valence-electron chi connectivity index (χ1n) is 10.7. The zero-order valence-corrected chi connectivity index (χ0v) is 21.3. The minimum absolute atomic E-state index is 0.0500. The van der Waals surface area contributed by atoms with E-state index < -0.39 is 31.4 Å². The molecule has 1 heterocycles. The minimum atomic E-state index is -4.87. The van der Waals surface area contributed by atoms with E-state index in [2.05, 4.69) is 15.3 Å². The third-order valence-electron chi connectivity index (χ3n) is 4.99. The van der Waals surface area contributed by atoms with Crippen LogP contribution >= 0.6 is 0 Å². The third kappa shape index (κ3) is 10.5. The topological polar surface area (TPSA) is 216 Å². The molecule has 0 radical (unpaired) electrons. The van der Waals surface area contributed by atoms with Crippen LogP contribution in [0.25, 0.3) is 0 Å². The summed E-state index contributed by atoms with van der Waals surface area (Å²) in [6.07, 6.45) is 3.45. The van der Waals surface area contributed by atoms with Gasteiger partial charge in [0.05, 0.1) is 4.90 Å². The van der Waals surface area contributed by atoms with E-state index in [9.17, 15) is 17.1 Å². The van der Waals surface area contributed by atoms with Crippen LogP contribution in [0.4, 0.5) is 21.3 Å². The number of carbonyl (C=O) groups excluding carboxylic acids is 1. The van der Waals surface area contributed by atoms with E-state index in [4.69, 9.17) is 29.0 Å². The summed E-state index contributed by atoms with van der Waals surface area (Å²) < 4.78 is 66.8. The summed E-state index contributed by atoms with van der Waals surface area (Å²) in [5.74, 6) is 0.0720. The Balaban J connectivity index is 0.000000877. The maximum Gasteiger partial charge on any atom is 0.394 e. The molecule has 3 aromatic rings. The number of aryl methyl sites for hydroxylation is 2. The highest BCUT2D eigenvalue weighted by molar-refractivity contribution is 7.86. The van der Waals surface area contributed by atoms with Crippen LogP contribution in [0.5, 0.6) is 0 Å². The molecule has 0 spiro atoms. The average molecular weight is 556 g/mol. The molecule has 0 saturated heterocycles. The second-order valence-corrected chi connectivity index (χ2v) is 10.0. The number of carbonyl (C=O) groups is 1. The Morgan fingerprint density at radius 3 is 2.14 bits per heavy atom. The molecule has 0 fully saturated rings. The Labute approximate surface area is 213 Å². The molecule has 0 unspecified atom stereocenters. The number of hydrogen-bond donors (Lipinski definition) is 5. The smallest absolute Gasteiger partial charge is 0.383 e. The van der Waals surface area contributed by atoms with Crippen LogP contribution in [-0.2, 0) is 33.5 Å². The van der Waals surface area contributed by atoms with Gasteiger partial charge in [-0.15, -0.1) is 3.89 Å². The van der Waals surface area contributed by atoms with E-state index in [-0.39, 0.29) is 11.5 Å². The molecule has 1 aromatic heterocycles. The van der Waals surface area contributed by atoms with Crippen LogP contribution in [0.1, 0.15) is 40.0 Å². The number of nitrogens with zero attached hydrogens (tertiary/aromatic N) is 2. The van der Waals surface area contributed by atoms with E-state index in [0.717, 1.165) is 54.6 Å². The molecule has 0 aliphatic rings. The first-order chi connectivity index (χ1) is 17.1. The highest BCUT2D eigenvalue weighted by Crippen LogP contribution is 2.19. The second-order valence-electron chi connectivity index (χ2n) is 7.80. The Hall–Kier alpha value is -3.66. The predicted molar refractivity (Wildman–Crippen MR) is 136 cm³/mol. The van der Waals surface area contributed by atoms with Crippen molar-refractivity contribution >= 4 is 44.0 Å². The maximum absolute atomic E-state index is 13.1. The van der Waals surface area contributed by atoms with Crippen LogP contribution in [-0.4, -0.2) is 41.8 Å². The Kier molecular flexibility index (Phi) is 10.0. The van der Waals surface area contributed by atoms with Crippen molar-refractivity contribution in [2.45, 2.75) is 37.5 Å². The summed E-state index contributed by atoms with van der Waals surface area (Å²) in [7, 11) is -9.54. The Morgan fingerprint density at radius 2 is 1.57 bits per heavy atom. The van der Waals surface area contributed by atoms with Gasteiger partial charge in [-0.1, -0.05) is 18.2 Å². The number of hydrogen-bond acceptors (Lipinski definition) is 9. The zero-order valence-electron chi connectivity index (χ0n) is 19.6. The third-order valence-corrected chi connectivity index (χ3v) is 5.81. The van der Waals surface area contributed by atoms with Crippen LogP contribution in [0.2, 0.25) is 0 Å². The molecule has 15 heteroatoms. The largest absolute Gasteiger partial charge is 0.394 e. The first kappa shape index (κ1) is 29.6. The number of aromatic nitrogens is 2. The lowest BCUT2D eigenvalue weighted by Gasteiger charge is -2.09. The molecule has 0 bridgehead atoms. The van der Waals surface area contributed by atoms with Crippen molar-refractivity contribution in [3.8, 4) is 0 Å². The lowest BCUT2D eigenvalue weighted by atomic mass is 10.0. The summed E-state index contributed by atoms with van der Waals surface area (Å²) in [4.78, 5) is 19.9. The number of nitrogens with two attached hydrogens (primary N) is 2. The molecular formula is C22H26FN5O7S2. The SMILES string of the molecule is Cc1nc(N)nc(N)c1CCCCc1ccc(NC(=O)c2cccc(S(=O)(=O)F)c2)cc1.O=S(=O)(O)O. The van der Waals surface area contributed by atoms with Crippen molar-refractivity contribution in [1.29, 1.82) is 0 Å². The molecule has 7 N–H and O–H groups in total. The molecule has 0 aliphatic heterocycles. The zero-order chi connectivity index (χ0) is 27.8. The van der Waals surface area contributed by atoms with Crippen molar-refractivity contribution < 1.29 is 34.6 Å². The van der Waals surface area contributed by atoms with Crippen molar-refractivity contribution in [2.75, 3.05) is 16.8 Å². The minimum Gasteiger partial charge on any atom is -0.383 e. The van der Waals surface area contributed by atoms with Crippen molar-refractivity contribution in [3.63, 3.8) is 0 Å². The lowest BCUT2D eigenvalue weighted by molar-refractivity contribution is 0.102. The van der Waals surface area contributed by atoms with Gasteiger partial charge in [-0.05, 0) is 68.5 Å². The summed E-state index contributed by atoms with van der Waals surface area (Å²) in [6.45, 7) is 1.86. The number of nitrogen functional groups attached to an aromatic ring is 2. The van der Waals surface area contributed by atoms with Gasteiger partial charge in [0.1, 0.15) is 5.82 Å². The summed E-state index contributed by atoms with van der Waals surface area (Å²) >= 11 is 0. The summed E-state index contributed by atoms with van der Waals surface area (Å²) in [5, 5.41) is 2.68. The standard InChI is InChI=1S/C22H24FN5O3S.H2O4S/c1-14-19(20(24)28-22(25)26-14)8-3-2-5-15-9-11-17(12-10-15)27-21(29)16-6-4-7-18(13-16)32(23,30)31;1-5(2,3)4/h4,6-7,9-13H,2-3,5,8H2,1H3,(H,27,29)(H4,24,25,26,28);(H2,1,2,3,4). The average Bonchev–Trinajstić information content (AvgIpc) is 2.77. The number of nitrogens with one attached hydrogen (secondary N) is 1. The molecule has 0 saturated carbocycles. The van der Waals surface area contributed by atoms with Gasteiger partial charge in [0.25, 0.3) is 5.91 Å². The first-order valence-corrected chi connectivity index (χ1v) is 13.4. The van der Waals surface area contributed by atoms with Gasteiger partial charge in [-0.3, -0.25) is 13.9 Å². The van der Waals surface area contributed by atoms with Gasteiger partial charge in [-0.2, -0.15) is 21.8 Å². The van der Waals surface area contributed by atoms with Gasteiger partial charge in [0.2, 0.25) is 5.95 Å². The molecule has 200 valence electrons.